The van der Waals surface area contributed by atoms with Crippen LogP contribution in [0.4, 0.5) is 0 Å². The number of nitrogens with zero attached hydrogens (tertiary/aromatic N) is 2. The lowest BCUT2D eigenvalue weighted by Crippen LogP contribution is -2.15. The van der Waals surface area contributed by atoms with Crippen LogP contribution < -0.4 is 4.74 Å². The van der Waals surface area contributed by atoms with E-state index in [0.717, 1.165) is 22.3 Å². The van der Waals surface area contributed by atoms with Crippen molar-refractivity contribution < 1.29 is 18.7 Å². The second-order valence-electron chi connectivity index (χ2n) is 6.14. The third kappa shape index (κ3) is 4.69. The number of aromatic nitrogens is 2. The number of esters is 1. The average Bonchev–Trinajstić information content (AvgIpc) is 3.06. The van der Waals surface area contributed by atoms with E-state index in [-0.39, 0.29) is 19.1 Å². The molecule has 3 rings (SSSR count). The lowest BCUT2D eigenvalue weighted by Gasteiger charge is -2.07. The molecule has 0 bridgehead atoms. The van der Waals surface area contributed by atoms with E-state index in [2.05, 4.69) is 10.2 Å². The summed E-state index contributed by atoms with van der Waals surface area (Å²) in [5, 5.41) is 7.88. The van der Waals surface area contributed by atoms with Crippen LogP contribution in [-0.4, -0.2) is 22.8 Å². The van der Waals surface area contributed by atoms with Gasteiger partial charge in [-0.2, -0.15) is 0 Å². The van der Waals surface area contributed by atoms with Crippen LogP contribution >= 0.6 is 0 Å². The maximum Gasteiger partial charge on any atom is 0.344 e. The van der Waals surface area contributed by atoms with Gasteiger partial charge in [-0.3, -0.25) is 0 Å². The molecule has 0 unspecified atom stereocenters. The summed E-state index contributed by atoms with van der Waals surface area (Å²) in [4.78, 5) is 11.8. The van der Waals surface area contributed by atoms with Gasteiger partial charge in [-0.25, -0.2) is 4.79 Å². The SMILES string of the molecule is Cc1cc(C)cc(OCC(=O)OCc2nnc(-c3cccc(C)c3)o2)c1. The Bertz CT molecular complexity index is 897. The van der Waals surface area contributed by atoms with Crippen LogP contribution in [0.15, 0.2) is 46.9 Å². The molecule has 3 aromatic rings. The zero-order chi connectivity index (χ0) is 18.5. The molecule has 0 aliphatic rings. The van der Waals surface area contributed by atoms with E-state index in [0.29, 0.717) is 11.6 Å². The molecule has 2 aromatic carbocycles. The van der Waals surface area contributed by atoms with Crippen LogP contribution in [0, 0.1) is 20.8 Å². The molecule has 134 valence electrons. The number of benzene rings is 2. The molecule has 1 heterocycles. The van der Waals surface area contributed by atoms with Crippen molar-refractivity contribution in [3.63, 3.8) is 0 Å². The zero-order valence-corrected chi connectivity index (χ0v) is 15.0. The van der Waals surface area contributed by atoms with E-state index in [1.807, 2.05) is 63.2 Å². The highest BCUT2D eigenvalue weighted by Crippen LogP contribution is 2.19. The van der Waals surface area contributed by atoms with Crippen molar-refractivity contribution in [3.8, 4) is 17.2 Å². The van der Waals surface area contributed by atoms with E-state index in [4.69, 9.17) is 13.9 Å². The second kappa shape index (κ2) is 7.82. The number of rotatable bonds is 6. The first-order valence-electron chi connectivity index (χ1n) is 8.26. The topological polar surface area (TPSA) is 74.5 Å². The summed E-state index contributed by atoms with van der Waals surface area (Å²) in [5.41, 5.74) is 4.07. The Balaban J connectivity index is 1.52. The minimum absolute atomic E-state index is 0.0894. The summed E-state index contributed by atoms with van der Waals surface area (Å²) in [7, 11) is 0. The van der Waals surface area contributed by atoms with Crippen molar-refractivity contribution in [1.29, 1.82) is 0 Å². The monoisotopic (exact) mass is 352 g/mol. The van der Waals surface area contributed by atoms with Crippen molar-refractivity contribution in [2.75, 3.05) is 6.61 Å². The molecule has 0 spiro atoms. The maximum atomic E-state index is 11.8. The molecule has 6 heteroatoms. The third-order valence-corrected chi connectivity index (χ3v) is 3.64. The van der Waals surface area contributed by atoms with Gasteiger partial charge in [-0.05, 0) is 56.2 Å². The molecule has 0 N–H and O–H groups in total. The highest BCUT2D eigenvalue weighted by Gasteiger charge is 2.12. The number of ether oxygens (including phenoxy) is 2. The number of hydrogen-bond acceptors (Lipinski definition) is 6. The smallest absolute Gasteiger partial charge is 0.344 e. The fourth-order valence-corrected chi connectivity index (χ4v) is 2.55. The molecule has 0 radical (unpaired) electrons. The van der Waals surface area contributed by atoms with Gasteiger partial charge in [0.2, 0.25) is 5.89 Å². The van der Waals surface area contributed by atoms with Gasteiger partial charge in [-0.1, -0.05) is 23.8 Å². The molecule has 0 saturated carbocycles. The molecule has 0 saturated heterocycles. The van der Waals surface area contributed by atoms with Gasteiger partial charge in [0.1, 0.15) is 5.75 Å². The van der Waals surface area contributed by atoms with Crippen molar-refractivity contribution in [2.24, 2.45) is 0 Å². The Morgan fingerprint density at radius 2 is 1.77 bits per heavy atom. The standard InChI is InChI=1S/C20H20N2O4/c1-13-5-4-6-16(8-13)20-22-21-18(26-20)11-25-19(23)12-24-17-9-14(2)7-15(3)10-17/h4-10H,11-12H2,1-3H3. The number of carbonyl (C=O) groups excluding carboxylic acids is 1. The first-order valence-corrected chi connectivity index (χ1v) is 8.26. The Morgan fingerprint density at radius 3 is 2.50 bits per heavy atom. The Hall–Kier alpha value is -3.15. The minimum atomic E-state index is -0.500. The lowest BCUT2D eigenvalue weighted by molar-refractivity contribution is -0.148. The number of hydrogen-bond donors (Lipinski definition) is 0. The Morgan fingerprint density at radius 1 is 1.00 bits per heavy atom. The van der Waals surface area contributed by atoms with Gasteiger partial charge >= 0.3 is 5.97 Å². The van der Waals surface area contributed by atoms with Gasteiger partial charge in [-0.15, -0.1) is 10.2 Å². The predicted octanol–water partition coefficient (Wildman–Crippen LogP) is 3.78. The van der Waals surface area contributed by atoms with Crippen LogP contribution in [0.25, 0.3) is 11.5 Å². The lowest BCUT2D eigenvalue weighted by atomic mass is 10.1. The van der Waals surface area contributed by atoms with Gasteiger partial charge in [0.25, 0.3) is 5.89 Å². The summed E-state index contributed by atoms with van der Waals surface area (Å²) in [5.74, 6) is 0.769. The van der Waals surface area contributed by atoms with E-state index < -0.39 is 5.97 Å². The van der Waals surface area contributed by atoms with Crippen LogP contribution in [-0.2, 0) is 16.1 Å². The first kappa shape index (κ1) is 17.7. The quantitative estimate of drug-likeness (QED) is 0.629. The van der Waals surface area contributed by atoms with Crippen molar-refractivity contribution in [2.45, 2.75) is 27.4 Å². The van der Waals surface area contributed by atoms with E-state index in [1.165, 1.54) is 0 Å². The first-order chi connectivity index (χ1) is 12.5. The Labute approximate surface area is 151 Å². The number of aryl methyl sites for hydroxylation is 3. The van der Waals surface area contributed by atoms with Gasteiger partial charge in [0.15, 0.2) is 13.2 Å². The fourth-order valence-electron chi connectivity index (χ4n) is 2.55. The van der Waals surface area contributed by atoms with Crippen molar-refractivity contribution in [3.05, 3.63) is 65.0 Å². The van der Waals surface area contributed by atoms with Gasteiger partial charge < -0.3 is 13.9 Å². The maximum absolute atomic E-state index is 11.8. The fraction of sp³-hybridized carbons (Fsp3) is 0.250. The van der Waals surface area contributed by atoms with Crippen LogP contribution in [0.3, 0.4) is 0 Å². The average molecular weight is 352 g/mol. The molecule has 26 heavy (non-hydrogen) atoms. The molecular formula is C20H20N2O4. The molecule has 0 atom stereocenters. The molecular weight excluding hydrogens is 332 g/mol. The largest absolute Gasteiger partial charge is 0.482 e. The van der Waals surface area contributed by atoms with Crippen molar-refractivity contribution in [1.82, 2.24) is 10.2 Å². The summed E-state index contributed by atoms with van der Waals surface area (Å²) in [6, 6.07) is 13.5. The van der Waals surface area contributed by atoms with Gasteiger partial charge in [0, 0.05) is 5.56 Å². The van der Waals surface area contributed by atoms with E-state index in [9.17, 15) is 4.79 Å². The highest BCUT2D eigenvalue weighted by atomic mass is 16.6. The molecule has 1 aromatic heterocycles. The summed E-state index contributed by atoms with van der Waals surface area (Å²) in [6.07, 6.45) is 0. The molecule has 0 aliphatic heterocycles. The third-order valence-electron chi connectivity index (χ3n) is 3.64. The highest BCUT2D eigenvalue weighted by molar-refractivity contribution is 5.71. The second-order valence-corrected chi connectivity index (χ2v) is 6.14. The predicted molar refractivity (Wildman–Crippen MR) is 95.7 cm³/mol. The zero-order valence-electron chi connectivity index (χ0n) is 15.0. The summed E-state index contributed by atoms with van der Waals surface area (Å²) in [6.45, 7) is 5.66. The van der Waals surface area contributed by atoms with E-state index >= 15 is 0 Å². The molecule has 0 fully saturated rings. The van der Waals surface area contributed by atoms with Crippen LogP contribution in [0.5, 0.6) is 5.75 Å². The van der Waals surface area contributed by atoms with Crippen LogP contribution in [0.1, 0.15) is 22.6 Å². The molecule has 6 nitrogen and oxygen atoms in total. The minimum Gasteiger partial charge on any atom is -0.482 e. The van der Waals surface area contributed by atoms with E-state index in [1.54, 1.807) is 0 Å². The normalized spacial score (nSPS) is 10.6. The molecule has 0 aliphatic carbocycles. The van der Waals surface area contributed by atoms with Crippen LogP contribution in [0.2, 0.25) is 0 Å². The summed E-state index contributed by atoms with van der Waals surface area (Å²) < 4.78 is 16.1. The van der Waals surface area contributed by atoms with Gasteiger partial charge in [0.05, 0.1) is 0 Å². The number of carbonyl (C=O) groups is 1. The van der Waals surface area contributed by atoms with Crippen molar-refractivity contribution >= 4 is 5.97 Å². The molecule has 0 amide bonds. The summed E-state index contributed by atoms with van der Waals surface area (Å²) >= 11 is 0. The Kier molecular flexibility index (Phi) is 5.31.